The number of fused-ring (bicyclic) bond motifs is 1. The van der Waals surface area contributed by atoms with E-state index in [-0.39, 0.29) is 22.9 Å². The van der Waals surface area contributed by atoms with Gasteiger partial charge in [-0.15, -0.1) is 11.8 Å². The molecule has 8 nitrogen and oxygen atoms in total. The van der Waals surface area contributed by atoms with Gasteiger partial charge in [0.05, 0.1) is 28.6 Å². The van der Waals surface area contributed by atoms with Crippen molar-refractivity contribution >= 4 is 45.0 Å². The Hall–Kier alpha value is -2.56. The van der Waals surface area contributed by atoms with E-state index in [1.807, 2.05) is 24.3 Å². The van der Waals surface area contributed by atoms with Crippen LogP contribution in [0.3, 0.4) is 0 Å². The molecule has 2 N–H and O–H groups in total. The molecular formula is C22H25N3O5S2. The second-order valence-electron chi connectivity index (χ2n) is 7.67. The monoisotopic (exact) mass is 475 g/mol. The number of amides is 2. The SMILES string of the molecule is COc1ccc(S(=O)(=O)N2CCCCC2)cc1NC(=O)C[C@@H]1Sc2ccccc2NC1=O. The second kappa shape index (κ2) is 9.51. The van der Waals surface area contributed by atoms with Gasteiger partial charge in [-0.2, -0.15) is 4.31 Å². The maximum Gasteiger partial charge on any atom is 0.243 e. The number of anilines is 2. The van der Waals surface area contributed by atoms with Crippen LogP contribution in [-0.2, 0) is 19.6 Å². The van der Waals surface area contributed by atoms with Crippen LogP contribution in [0.25, 0.3) is 0 Å². The van der Waals surface area contributed by atoms with Gasteiger partial charge in [-0.1, -0.05) is 18.6 Å². The maximum absolute atomic E-state index is 13.0. The Morgan fingerprint density at radius 3 is 2.69 bits per heavy atom. The highest BCUT2D eigenvalue weighted by atomic mass is 32.2. The minimum atomic E-state index is -3.66. The molecule has 0 aromatic heterocycles. The van der Waals surface area contributed by atoms with Crippen LogP contribution < -0.4 is 15.4 Å². The number of para-hydroxylation sites is 1. The summed E-state index contributed by atoms with van der Waals surface area (Å²) in [5.41, 5.74) is 0.994. The number of rotatable bonds is 6. The molecule has 0 saturated carbocycles. The lowest BCUT2D eigenvalue weighted by Crippen LogP contribution is -2.35. The van der Waals surface area contributed by atoms with Crippen molar-refractivity contribution in [2.75, 3.05) is 30.8 Å². The van der Waals surface area contributed by atoms with Crippen molar-refractivity contribution in [2.45, 2.75) is 40.7 Å². The third-order valence-electron chi connectivity index (χ3n) is 5.48. The largest absolute Gasteiger partial charge is 0.495 e. The average Bonchev–Trinajstić information content (AvgIpc) is 2.80. The van der Waals surface area contributed by atoms with Gasteiger partial charge in [-0.3, -0.25) is 9.59 Å². The van der Waals surface area contributed by atoms with Gasteiger partial charge < -0.3 is 15.4 Å². The lowest BCUT2D eigenvalue weighted by molar-refractivity contribution is -0.120. The van der Waals surface area contributed by atoms with Gasteiger partial charge in [0.15, 0.2) is 0 Å². The highest BCUT2D eigenvalue weighted by Gasteiger charge is 2.30. The number of benzene rings is 2. The first-order valence-corrected chi connectivity index (χ1v) is 12.7. The van der Waals surface area contributed by atoms with Crippen molar-refractivity contribution in [1.82, 2.24) is 4.31 Å². The van der Waals surface area contributed by atoms with Crippen LogP contribution in [0.1, 0.15) is 25.7 Å². The molecule has 32 heavy (non-hydrogen) atoms. The van der Waals surface area contributed by atoms with E-state index in [0.717, 1.165) is 29.8 Å². The van der Waals surface area contributed by atoms with Crippen LogP contribution >= 0.6 is 11.8 Å². The minimum absolute atomic E-state index is 0.0584. The first kappa shape index (κ1) is 22.6. The van der Waals surface area contributed by atoms with Crippen LogP contribution in [0, 0.1) is 0 Å². The number of ether oxygens (including phenoxy) is 1. The van der Waals surface area contributed by atoms with Gasteiger partial charge >= 0.3 is 0 Å². The molecule has 2 aromatic rings. The number of carbonyl (C=O) groups is 2. The Labute approximate surface area is 191 Å². The third-order valence-corrected chi connectivity index (χ3v) is 8.65. The number of methoxy groups -OCH3 is 1. The fourth-order valence-corrected chi connectivity index (χ4v) is 6.45. The molecule has 2 aliphatic heterocycles. The number of carbonyl (C=O) groups excluding carboxylic acids is 2. The zero-order chi connectivity index (χ0) is 22.7. The van der Waals surface area contributed by atoms with Gasteiger partial charge in [-0.05, 0) is 43.2 Å². The molecule has 10 heteroatoms. The number of nitrogens with one attached hydrogen (secondary N) is 2. The van der Waals surface area contributed by atoms with Gasteiger partial charge in [0, 0.05) is 24.4 Å². The molecule has 0 aliphatic carbocycles. The molecule has 0 spiro atoms. The first-order valence-electron chi connectivity index (χ1n) is 10.4. The Morgan fingerprint density at radius 1 is 1.19 bits per heavy atom. The molecule has 2 aromatic carbocycles. The van der Waals surface area contributed by atoms with E-state index in [1.54, 1.807) is 0 Å². The van der Waals surface area contributed by atoms with Crippen LogP contribution in [-0.4, -0.2) is 50.0 Å². The number of hydrogen-bond acceptors (Lipinski definition) is 6. The Morgan fingerprint density at radius 2 is 1.94 bits per heavy atom. The summed E-state index contributed by atoms with van der Waals surface area (Å²) in [4.78, 5) is 26.2. The number of thioether (sulfide) groups is 1. The lowest BCUT2D eigenvalue weighted by Gasteiger charge is -2.26. The van der Waals surface area contributed by atoms with Gasteiger partial charge in [0.1, 0.15) is 5.75 Å². The average molecular weight is 476 g/mol. The maximum atomic E-state index is 13.0. The summed E-state index contributed by atoms with van der Waals surface area (Å²) in [7, 11) is -2.21. The van der Waals surface area contributed by atoms with Gasteiger partial charge in [0.25, 0.3) is 0 Å². The van der Waals surface area contributed by atoms with Crippen molar-refractivity contribution in [3.63, 3.8) is 0 Å². The fourth-order valence-electron chi connectivity index (χ4n) is 3.80. The number of sulfonamides is 1. The third kappa shape index (κ3) is 4.77. The van der Waals surface area contributed by atoms with Crippen molar-refractivity contribution in [1.29, 1.82) is 0 Å². The van der Waals surface area contributed by atoms with Crippen LogP contribution in [0.15, 0.2) is 52.3 Å². The van der Waals surface area contributed by atoms with E-state index >= 15 is 0 Å². The zero-order valence-electron chi connectivity index (χ0n) is 17.7. The number of hydrogen-bond donors (Lipinski definition) is 2. The summed E-state index contributed by atoms with van der Waals surface area (Å²) in [6, 6.07) is 11.9. The van der Waals surface area contributed by atoms with Crippen LogP contribution in [0.4, 0.5) is 11.4 Å². The minimum Gasteiger partial charge on any atom is -0.495 e. The summed E-state index contributed by atoms with van der Waals surface area (Å²) in [6.45, 7) is 0.983. The molecule has 2 heterocycles. The summed E-state index contributed by atoms with van der Waals surface area (Å²) < 4.78 is 32.8. The van der Waals surface area contributed by atoms with E-state index in [2.05, 4.69) is 10.6 Å². The van der Waals surface area contributed by atoms with E-state index in [1.165, 1.54) is 41.4 Å². The van der Waals surface area contributed by atoms with Crippen LogP contribution in [0.2, 0.25) is 0 Å². The van der Waals surface area contributed by atoms with E-state index < -0.39 is 21.2 Å². The molecule has 1 atom stereocenters. The molecule has 4 rings (SSSR count). The number of piperidine rings is 1. The molecule has 0 bridgehead atoms. The van der Waals surface area contributed by atoms with Crippen molar-refractivity contribution < 1.29 is 22.7 Å². The zero-order valence-corrected chi connectivity index (χ0v) is 19.3. The highest BCUT2D eigenvalue weighted by molar-refractivity contribution is 8.01. The lowest BCUT2D eigenvalue weighted by atomic mass is 10.2. The molecule has 1 saturated heterocycles. The molecule has 0 radical (unpaired) electrons. The van der Waals surface area contributed by atoms with E-state index in [0.29, 0.717) is 18.8 Å². The molecule has 1 fully saturated rings. The molecule has 170 valence electrons. The summed E-state index contributed by atoms with van der Waals surface area (Å²) in [5.74, 6) is -0.290. The van der Waals surface area contributed by atoms with Gasteiger partial charge in [-0.25, -0.2) is 8.42 Å². The normalized spacial score (nSPS) is 19.0. The molecule has 2 aliphatic rings. The standard InChI is InChI=1S/C22H25N3O5S2/c1-30-18-10-9-15(32(28,29)25-11-5-2-6-12-25)13-17(18)23-21(26)14-20-22(27)24-16-7-3-4-8-19(16)31-20/h3-4,7-10,13,20H,2,5-6,11-12,14H2,1H3,(H,23,26)(H,24,27)/t20-/m0/s1. The predicted octanol–water partition coefficient (Wildman–Crippen LogP) is 3.31. The summed E-state index contributed by atoms with van der Waals surface area (Å²) >= 11 is 1.33. The van der Waals surface area contributed by atoms with Crippen molar-refractivity contribution in [3.8, 4) is 5.75 Å². The van der Waals surface area contributed by atoms with Crippen molar-refractivity contribution in [2.24, 2.45) is 0 Å². The summed E-state index contributed by atoms with van der Waals surface area (Å²) in [5, 5.41) is 4.96. The molecule has 0 unspecified atom stereocenters. The predicted molar refractivity (Wildman–Crippen MR) is 124 cm³/mol. The Balaban J connectivity index is 1.50. The Kier molecular flexibility index (Phi) is 6.73. The van der Waals surface area contributed by atoms with E-state index in [9.17, 15) is 18.0 Å². The van der Waals surface area contributed by atoms with E-state index in [4.69, 9.17) is 4.74 Å². The van der Waals surface area contributed by atoms with Crippen LogP contribution in [0.5, 0.6) is 5.75 Å². The molecule has 2 amide bonds. The summed E-state index contributed by atoms with van der Waals surface area (Å²) in [6.07, 6.45) is 2.64. The fraction of sp³-hybridized carbons (Fsp3) is 0.364. The van der Waals surface area contributed by atoms with Crippen molar-refractivity contribution in [3.05, 3.63) is 42.5 Å². The first-order chi connectivity index (χ1) is 15.4. The van der Waals surface area contributed by atoms with Gasteiger partial charge in [0.2, 0.25) is 21.8 Å². The quantitative estimate of drug-likeness (QED) is 0.664. The Bertz CT molecular complexity index is 1130. The second-order valence-corrected chi connectivity index (χ2v) is 10.9. The topological polar surface area (TPSA) is 105 Å². The number of nitrogens with zero attached hydrogens (tertiary/aromatic N) is 1. The molecular weight excluding hydrogens is 450 g/mol. The smallest absolute Gasteiger partial charge is 0.243 e. The highest BCUT2D eigenvalue weighted by Crippen LogP contribution is 2.37.